The zero-order valence-electron chi connectivity index (χ0n) is 16.2. The highest BCUT2D eigenvalue weighted by atomic mass is 16.5. The molecule has 0 spiro atoms. The number of benzene rings is 1. The van der Waals surface area contributed by atoms with E-state index in [4.69, 9.17) is 9.47 Å². The van der Waals surface area contributed by atoms with Crippen molar-refractivity contribution in [2.75, 3.05) is 13.2 Å². The molecule has 2 rings (SSSR count). The van der Waals surface area contributed by atoms with Gasteiger partial charge in [-0.05, 0) is 63.8 Å². The molecule has 2 atom stereocenters. The molecule has 26 heavy (non-hydrogen) atoms. The van der Waals surface area contributed by atoms with E-state index >= 15 is 0 Å². The van der Waals surface area contributed by atoms with Gasteiger partial charge >= 0.3 is 5.97 Å². The Balaban J connectivity index is 1.81. The maximum absolute atomic E-state index is 12.4. The first kappa shape index (κ1) is 20.3. The van der Waals surface area contributed by atoms with Crippen molar-refractivity contribution in [2.45, 2.75) is 71.4 Å². The van der Waals surface area contributed by atoms with Crippen LogP contribution in [0.3, 0.4) is 0 Å². The highest BCUT2D eigenvalue weighted by Gasteiger charge is 2.29. The highest BCUT2D eigenvalue weighted by molar-refractivity contribution is 5.91. The molecule has 0 radical (unpaired) electrons. The van der Waals surface area contributed by atoms with Gasteiger partial charge in [0.25, 0.3) is 5.91 Å². The van der Waals surface area contributed by atoms with E-state index in [1.807, 2.05) is 4.90 Å². The molecule has 5 heteroatoms. The van der Waals surface area contributed by atoms with Crippen molar-refractivity contribution in [3.63, 3.8) is 0 Å². The molecule has 1 amide bonds. The summed E-state index contributed by atoms with van der Waals surface area (Å²) in [5.74, 6) is 0.145. The number of esters is 1. The molecular weight excluding hydrogens is 330 g/mol. The Morgan fingerprint density at radius 2 is 1.73 bits per heavy atom. The molecule has 0 aromatic heterocycles. The van der Waals surface area contributed by atoms with Gasteiger partial charge in [0, 0.05) is 12.1 Å². The van der Waals surface area contributed by atoms with Gasteiger partial charge in [-0.3, -0.25) is 4.79 Å². The normalized spacial score (nSPS) is 19.9. The fourth-order valence-electron chi connectivity index (χ4n) is 3.43. The molecule has 0 aliphatic carbocycles. The summed E-state index contributed by atoms with van der Waals surface area (Å²) in [5, 5.41) is 0. The summed E-state index contributed by atoms with van der Waals surface area (Å²) < 4.78 is 10.9. The van der Waals surface area contributed by atoms with E-state index in [-0.39, 0.29) is 24.6 Å². The number of hydrogen-bond acceptors (Lipinski definition) is 4. The largest absolute Gasteiger partial charge is 0.494 e. The Labute approximate surface area is 156 Å². The Morgan fingerprint density at radius 1 is 1.08 bits per heavy atom. The molecule has 144 valence electrons. The number of ether oxygens (including phenoxy) is 2. The van der Waals surface area contributed by atoms with E-state index in [1.54, 1.807) is 24.3 Å². The third-order valence-electron chi connectivity index (χ3n) is 4.91. The molecule has 1 aromatic rings. The number of nitrogens with zero attached hydrogens (tertiary/aromatic N) is 1. The van der Waals surface area contributed by atoms with Crippen LogP contribution in [-0.4, -0.2) is 42.1 Å². The van der Waals surface area contributed by atoms with Crippen LogP contribution in [0.15, 0.2) is 24.3 Å². The summed E-state index contributed by atoms with van der Waals surface area (Å²) in [6.45, 7) is 6.72. The molecule has 1 saturated heterocycles. The van der Waals surface area contributed by atoms with E-state index < -0.39 is 5.97 Å². The predicted octanol–water partition coefficient (Wildman–Crippen LogP) is 4.20. The Bertz CT molecular complexity index is 574. The minimum Gasteiger partial charge on any atom is -0.494 e. The second-order valence-electron chi connectivity index (χ2n) is 7.09. The standard InChI is InChI=1S/C21H31NO4/c1-4-5-6-14-25-19-12-10-18(11-13-19)21(24)26-15-20(23)22-16(2)8-7-9-17(22)3/h10-13,16-17H,4-9,14-15H2,1-3H3/t16-,17-/m1/s1. The molecule has 1 aliphatic rings. The number of amides is 1. The first-order chi connectivity index (χ1) is 12.5. The first-order valence-electron chi connectivity index (χ1n) is 9.74. The van der Waals surface area contributed by atoms with Crippen LogP contribution in [-0.2, 0) is 9.53 Å². The predicted molar refractivity (Wildman–Crippen MR) is 101 cm³/mol. The van der Waals surface area contributed by atoms with E-state index in [9.17, 15) is 9.59 Å². The summed E-state index contributed by atoms with van der Waals surface area (Å²) in [4.78, 5) is 26.4. The number of piperidine rings is 1. The van der Waals surface area contributed by atoms with Crippen molar-refractivity contribution >= 4 is 11.9 Å². The minimum atomic E-state index is -0.479. The molecule has 0 N–H and O–H groups in total. The first-order valence-corrected chi connectivity index (χ1v) is 9.74. The molecule has 5 nitrogen and oxygen atoms in total. The van der Waals surface area contributed by atoms with Gasteiger partial charge in [0.15, 0.2) is 6.61 Å². The smallest absolute Gasteiger partial charge is 0.338 e. The maximum atomic E-state index is 12.4. The number of unbranched alkanes of at least 4 members (excludes halogenated alkanes) is 2. The molecule has 0 saturated carbocycles. The number of likely N-dealkylation sites (tertiary alicyclic amines) is 1. The monoisotopic (exact) mass is 361 g/mol. The van der Waals surface area contributed by atoms with Gasteiger partial charge in [0.1, 0.15) is 5.75 Å². The zero-order chi connectivity index (χ0) is 18.9. The van der Waals surface area contributed by atoms with Gasteiger partial charge in [-0.15, -0.1) is 0 Å². The fourth-order valence-corrected chi connectivity index (χ4v) is 3.43. The van der Waals surface area contributed by atoms with Gasteiger partial charge in [0.05, 0.1) is 12.2 Å². The van der Waals surface area contributed by atoms with E-state index in [2.05, 4.69) is 20.8 Å². The second-order valence-corrected chi connectivity index (χ2v) is 7.09. The van der Waals surface area contributed by atoms with Gasteiger partial charge < -0.3 is 14.4 Å². The zero-order valence-corrected chi connectivity index (χ0v) is 16.2. The van der Waals surface area contributed by atoms with Crippen molar-refractivity contribution in [1.29, 1.82) is 0 Å². The number of carbonyl (C=O) groups excluding carboxylic acids is 2. The lowest BCUT2D eigenvalue weighted by molar-refractivity contribution is -0.140. The SMILES string of the molecule is CCCCCOc1ccc(C(=O)OCC(=O)N2[C@H](C)CCC[C@H]2C)cc1. The number of hydrogen-bond donors (Lipinski definition) is 0. The van der Waals surface area contributed by atoms with Gasteiger partial charge in [-0.1, -0.05) is 19.8 Å². The molecule has 0 unspecified atom stereocenters. The lowest BCUT2D eigenvalue weighted by Crippen LogP contribution is -2.49. The van der Waals surface area contributed by atoms with Crippen molar-refractivity contribution in [3.05, 3.63) is 29.8 Å². The summed E-state index contributed by atoms with van der Waals surface area (Å²) >= 11 is 0. The van der Waals surface area contributed by atoms with Crippen molar-refractivity contribution in [1.82, 2.24) is 4.90 Å². The van der Waals surface area contributed by atoms with Crippen LogP contribution >= 0.6 is 0 Å². The quantitative estimate of drug-likeness (QED) is 0.514. The van der Waals surface area contributed by atoms with E-state index in [0.717, 1.165) is 44.3 Å². The van der Waals surface area contributed by atoms with Crippen molar-refractivity contribution in [3.8, 4) is 5.75 Å². The van der Waals surface area contributed by atoms with Crippen LogP contribution in [0.25, 0.3) is 0 Å². The Morgan fingerprint density at radius 3 is 2.35 bits per heavy atom. The maximum Gasteiger partial charge on any atom is 0.338 e. The molecule has 1 heterocycles. The lowest BCUT2D eigenvalue weighted by Gasteiger charge is -2.38. The van der Waals surface area contributed by atoms with Crippen LogP contribution in [0.2, 0.25) is 0 Å². The number of carbonyl (C=O) groups is 2. The average molecular weight is 361 g/mol. The van der Waals surface area contributed by atoms with Crippen LogP contribution in [0.1, 0.15) is 69.7 Å². The molecular formula is C21H31NO4. The average Bonchev–Trinajstić information content (AvgIpc) is 2.63. The van der Waals surface area contributed by atoms with Crippen LogP contribution in [0.4, 0.5) is 0 Å². The molecule has 0 bridgehead atoms. The van der Waals surface area contributed by atoms with E-state index in [1.165, 1.54) is 0 Å². The third kappa shape index (κ3) is 5.75. The summed E-state index contributed by atoms with van der Waals surface area (Å²) in [6, 6.07) is 7.28. The summed E-state index contributed by atoms with van der Waals surface area (Å²) in [7, 11) is 0. The molecule has 1 aliphatic heterocycles. The van der Waals surface area contributed by atoms with E-state index in [0.29, 0.717) is 12.2 Å². The van der Waals surface area contributed by atoms with Gasteiger partial charge in [-0.25, -0.2) is 4.79 Å². The Hall–Kier alpha value is -2.04. The van der Waals surface area contributed by atoms with Crippen LogP contribution in [0.5, 0.6) is 5.75 Å². The number of rotatable bonds is 8. The summed E-state index contributed by atoms with van der Waals surface area (Å²) in [5.41, 5.74) is 0.429. The van der Waals surface area contributed by atoms with Crippen LogP contribution in [0, 0.1) is 0 Å². The topological polar surface area (TPSA) is 55.8 Å². The highest BCUT2D eigenvalue weighted by Crippen LogP contribution is 2.22. The fraction of sp³-hybridized carbons (Fsp3) is 0.619. The molecule has 1 aromatic carbocycles. The van der Waals surface area contributed by atoms with Crippen LogP contribution < -0.4 is 4.74 Å². The Kier molecular flexibility index (Phi) is 7.95. The van der Waals surface area contributed by atoms with Gasteiger partial charge in [-0.2, -0.15) is 0 Å². The van der Waals surface area contributed by atoms with Crippen molar-refractivity contribution in [2.24, 2.45) is 0 Å². The minimum absolute atomic E-state index is 0.117. The second kappa shape index (κ2) is 10.2. The van der Waals surface area contributed by atoms with Gasteiger partial charge in [0.2, 0.25) is 0 Å². The third-order valence-corrected chi connectivity index (χ3v) is 4.91. The lowest BCUT2D eigenvalue weighted by atomic mass is 9.97. The van der Waals surface area contributed by atoms with Crippen molar-refractivity contribution < 1.29 is 19.1 Å². The summed E-state index contributed by atoms with van der Waals surface area (Å²) in [6.07, 6.45) is 6.47. The molecule has 1 fully saturated rings.